The largest absolute Gasteiger partial charge is 0.314 e. The number of nitrogens with zero attached hydrogens (tertiary/aromatic N) is 2. The van der Waals surface area contributed by atoms with Gasteiger partial charge in [0.1, 0.15) is 9.84 Å². The average Bonchev–Trinajstić information content (AvgIpc) is 2.66. The summed E-state index contributed by atoms with van der Waals surface area (Å²) in [6.45, 7) is 7.40. The summed E-state index contributed by atoms with van der Waals surface area (Å²) in [6, 6.07) is 0.763. The van der Waals surface area contributed by atoms with Gasteiger partial charge in [0.2, 0.25) is 0 Å². The number of sulfone groups is 1. The Balaban J connectivity index is 1.62. The summed E-state index contributed by atoms with van der Waals surface area (Å²) in [5.41, 5.74) is 0. The molecule has 1 atom stereocenters. The minimum absolute atomic E-state index is 0.239. The molecule has 19 heavy (non-hydrogen) atoms. The van der Waals surface area contributed by atoms with Gasteiger partial charge in [-0.3, -0.25) is 4.90 Å². The summed E-state index contributed by atoms with van der Waals surface area (Å²) >= 11 is 0. The van der Waals surface area contributed by atoms with Crippen LogP contribution < -0.4 is 5.32 Å². The molecule has 1 N–H and O–H groups in total. The number of hydrogen-bond donors (Lipinski definition) is 1. The summed E-state index contributed by atoms with van der Waals surface area (Å²) in [4.78, 5) is 5.17. The fraction of sp³-hybridized carbons (Fsp3) is 1.00. The molecule has 2 fully saturated rings. The summed E-state index contributed by atoms with van der Waals surface area (Å²) in [6.07, 6.45) is 5.25. The predicted octanol–water partition coefficient (Wildman–Crippen LogP) is -0.209. The van der Waals surface area contributed by atoms with Crippen LogP contribution in [-0.2, 0) is 9.84 Å². The van der Waals surface area contributed by atoms with Gasteiger partial charge in [-0.1, -0.05) is 0 Å². The Morgan fingerprint density at radius 1 is 1.16 bits per heavy atom. The zero-order valence-corrected chi connectivity index (χ0v) is 12.8. The van der Waals surface area contributed by atoms with Crippen molar-refractivity contribution in [3.8, 4) is 0 Å². The maximum atomic E-state index is 11.0. The van der Waals surface area contributed by atoms with Crippen molar-refractivity contribution >= 4 is 9.84 Å². The molecular formula is C13H27N3O2S. The van der Waals surface area contributed by atoms with E-state index in [9.17, 15) is 8.42 Å². The van der Waals surface area contributed by atoms with Gasteiger partial charge in [-0.2, -0.15) is 0 Å². The van der Waals surface area contributed by atoms with Crippen LogP contribution in [0.4, 0.5) is 0 Å². The number of rotatable bonds is 6. The Kier molecular flexibility index (Phi) is 5.62. The molecule has 1 unspecified atom stereocenters. The Hall–Kier alpha value is -0.170. The second-order valence-electron chi connectivity index (χ2n) is 5.87. The van der Waals surface area contributed by atoms with Crippen LogP contribution in [0.2, 0.25) is 0 Å². The van der Waals surface area contributed by atoms with E-state index in [1.807, 2.05) is 0 Å². The summed E-state index contributed by atoms with van der Waals surface area (Å²) in [5.74, 6) is 0.239. The fourth-order valence-corrected chi connectivity index (χ4v) is 3.62. The molecule has 2 saturated heterocycles. The molecule has 0 aliphatic carbocycles. The molecule has 0 spiro atoms. The van der Waals surface area contributed by atoms with E-state index >= 15 is 0 Å². The molecule has 0 saturated carbocycles. The fourth-order valence-electron chi connectivity index (χ4n) is 3.11. The molecule has 0 aromatic heterocycles. The van der Waals surface area contributed by atoms with Crippen LogP contribution in [0.1, 0.15) is 19.3 Å². The Morgan fingerprint density at radius 2 is 1.95 bits per heavy atom. The van der Waals surface area contributed by atoms with Crippen LogP contribution in [-0.4, -0.2) is 82.1 Å². The molecule has 6 heteroatoms. The van der Waals surface area contributed by atoms with E-state index in [1.165, 1.54) is 51.7 Å². The highest BCUT2D eigenvalue weighted by Crippen LogP contribution is 2.20. The van der Waals surface area contributed by atoms with E-state index in [0.29, 0.717) is 6.54 Å². The molecule has 2 rings (SSSR count). The number of nitrogens with one attached hydrogen (secondary N) is 1. The van der Waals surface area contributed by atoms with E-state index < -0.39 is 9.84 Å². The van der Waals surface area contributed by atoms with Crippen LogP contribution >= 0.6 is 0 Å². The van der Waals surface area contributed by atoms with E-state index in [1.54, 1.807) is 0 Å². The SMILES string of the molecule is CS(=O)(=O)CCNCCN1CCCN2CCCC2C1. The maximum absolute atomic E-state index is 11.0. The molecule has 2 heterocycles. The first-order valence-electron chi connectivity index (χ1n) is 7.39. The zero-order valence-electron chi connectivity index (χ0n) is 12.0. The van der Waals surface area contributed by atoms with E-state index in [4.69, 9.17) is 0 Å². The van der Waals surface area contributed by atoms with Crippen LogP contribution in [0.3, 0.4) is 0 Å². The van der Waals surface area contributed by atoms with Crippen molar-refractivity contribution in [1.82, 2.24) is 15.1 Å². The number of fused-ring (bicyclic) bond motifs is 1. The summed E-state index contributed by atoms with van der Waals surface area (Å²) in [7, 11) is -2.83. The third-order valence-electron chi connectivity index (χ3n) is 4.14. The minimum Gasteiger partial charge on any atom is -0.314 e. The summed E-state index contributed by atoms with van der Waals surface area (Å²) < 4.78 is 22.0. The Bertz CT molecular complexity index is 372. The van der Waals surface area contributed by atoms with Gasteiger partial charge in [0.25, 0.3) is 0 Å². The van der Waals surface area contributed by atoms with Crippen molar-refractivity contribution in [3.63, 3.8) is 0 Å². The van der Waals surface area contributed by atoms with E-state index in [2.05, 4.69) is 15.1 Å². The molecule has 0 radical (unpaired) electrons. The van der Waals surface area contributed by atoms with Crippen LogP contribution in [0.5, 0.6) is 0 Å². The first kappa shape index (κ1) is 15.2. The molecular weight excluding hydrogens is 262 g/mol. The third-order valence-corrected chi connectivity index (χ3v) is 5.09. The first-order chi connectivity index (χ1) is 9.04. The van der Waals surface area contributed by atoms with Crippen molar-refractivity contribution in [2.45, 2.75) is 25.3 Å². The Labute approximate surface area is 117 Å². The second-order valence-corrected chi connectivity index (χ2v) is 8.13. The van der Waals surface area contributed by atoms with Crippen LogP contribution in [0.15, 0.2) is 0 Å². The highest BCUT2D eigenvalue weighted by atomic mass is 32.2. The van der Waals surface area contributed by atoms with Gasteiger partial charge in [0.15, 0.2) is 0 Å². The van der Waals surface area contributed by atoms with Gasteiger partial charge >= 0.3 is 0 Å². The number of hydrogen-bond acceptors (Lipinski definition) is 5. The second kappa shape index (κ2) is 7.02. The van der Waals surface area contributed by atoms with Crippen LogP contribution in [0, 0.1) is 0 Å². The van der Waals surface area contributed by atoms with Crippen molar-refractivity contribution in [2.75, 3.05) is 57.8 Å². The molecule has 5 nitrogen and oxygen atoms in total. The van der Waals surface area contributed by atoms with Gasteiger partial charge < -0.3 is 10.2 Å². The minimum atomic E-state index is -2.83. The monoisotopic (exact) mass is 289 g/mol. The zero-order chi connectivity index (χ0) is 13.7. The third kappa shape index (κ3) is 5.38. The lowest BCUT2D eigenvalue weighted by Gasteiger charge is -2.25. The van der Waals surface area contributed by atoms with Gasteiger partial charge in [-0.25, -0.2) is 8.42 Å². The van der Waals surface area contributed by atoms with Gasteiger partial charge in [0, 0.05) is 38.5 Å². The van der Waals surface area contributed by atoms with Crippen LogP contribution in [0.25, 0.3) is 0 Å². The van der Waals surface area contributed by atoms with Crippen molar-refractivity contribution in [1.29, 1.82) is 0 Å². The van der Waals surface area contributed by atoms with Gasteiger partial charge in [-0.15, -0.1) is 0 Å². The topological polar surface area (TPSA) is 52.7 Å². The molecule has 2 aliphatic heterocycles. The lowest BCUT2D eigenvalue weighted by molar-refractivity contribution is 0.220. The lowest BCUT2D eigenvalue weighted by atomic mass is 10.2. The average molecular weight is 289 g/mol. The molecule has 0 aromatic rings. The molecule has 0 aromatic carbocycles. The summed E-state index contributed by atoms with van der Waals surface area (Å²) in [5, 5.41) is 3.23. The lowest BCUT2D eigenvalue weighted by Crippen LogP contribution is -2.39. The van der Waals surface area contributed by atoms with Crippen molar-refractivity contribution in [3.05, 3.63) is 0 Å². The Morgan fingerprint density at radius 3 is 2.74 bits per heavy atom. The van der Waals surface area contributed by atoms with E-state index in [-0.39, 0.29) is 5.75 Å². The highest BCUT2D eigenvalue weighted by molar-refractivity contribution is 7.90. The normalized spacial score (nSPS) is 26.3. The van der Waals surface area contributed by atoms with E-state index in [0.717, 1.165) is 19.1 Å². The molecule has 0 amide bonds. The molecule has 112 valence electrons. The molecule has 0 bridgehead atoms. The molecule has 2 aliphatic rings. The van der Waals surface area contributed by atoms with Crippen molar-refractivity contribution < 1.29 is 8.42 Å². The van der Waals surface area contributed by atoms with Gasteiger partial charge in [0.05, 0.1) is 5.75 Å². The maximum Gasteiger partial charge on any atom is 0.148 e. The first-order valence-corrected chi connectivity index (χ1v) is 9.45. The predicted molar refractivity (Wildman–Crippen MR) is 78.2 cm³/mol. The van der Waals surface area contributed by atoms with Crippen molar-refractivity contribution in [2.24, 2.45) is 0 Å². The van der Waals surface area contributed by atoms with Gasteiger partial charge in [-0.05, 0) is 38.9 Å². The smallest absolute Gasteiger partial charge is 0.148 e. The quantitative estimate of drug-likeness (QED) is 0.686. The highest BCUT2D eigenvalue weighted by Gasteiger charge is 2.28. The standard InChI is InChI=1S/C13H27N3O2S/c1-19(17,18)11-6-14-5-10-15-7-3-9-16-8-2-4-13(16)12-15/h13-14H,2-12H2,1H3.